The number of hydrogen-bond donors (Lipinski definition) is 2. The van der Waals surface area contributed by atoms with Gasteiger partial charge in [-0.15, -0.1) is 0 Å². The molecule has 3 aliphatic rings. The molecule has 1 aromatic rings. The summed E-state index contributed by atoms with van der Waals surface area (Å²) in [4.78, 5) is 39.1. The van der Waals surface area contributed by atoms with Gasteiger partial charge < -0.3 is 10.6 Å². The average Bonchev–Trinajstić information content (AvgIpc) is 3.30. The van der Waals surface area contributed by atoms with Crippen molar-refractivity contribution in [2.24, 2.45) is 5.92 Å². The highest BCUT2D eigenvalue weighted by molar-refractivity contribution is 6.09. The van der Waals surface area contributed by atoms with Crippen molar-refractivity contribution in [2.75, 3.05) is 13.1 Å². The Balaban J connectivity index is 1.38. The SMILES string of the molecule is CC1CCC2(CC1)NC(=O)N(CC(=O)NCC1(c3ccccc3)CCCC1)C2=O. The number of hydrogen-bond acceptors (Lipinski definition) is 3. The predicted molar refractivity (Wildman–Crippen MR) is 110 cm³/mol. The molecule has 6 nitrogen and oxygen atoms in total. The Labute approximate surface area is 172 Å². The van der Waals surface area contributed by atoms with Gasteiger partial charge in [-0.1, -0.05) is 50.1 Å². The first-order chi connectivity index (χ1) is 13.9. The molecule has 2 aliphatic carbocycles. The Morgan fingerprint density at radius 3 is 2.41 bits per heavy atom. The molecule has 0 bridgehead atoms. The van der Waals surface area contributed by atoms with Gasteiger partial charge in [0.05, 0.1) is 0 Å². The van der Waals surface area contributed by atoms with Gasteiger partial charge in [-0.05, 0) is 50.0 Å². The number of nitrogens with zero attached hydrogens (tertiary/aromatic N) is 1. The van der Waals surface area contributed by atoms with E-state index in [0.717, 1.165) is 43.4 Å². The third-order valence-electron chi connectivity index (χ3n) is 7.25. The molecule has 0 atom stereocenters. The first-order valence-electron chi connectivity index (χ1n) is 10.9. The number of benzene rings is 1. The minimum atomic E-state index is -0.791. The van der Waals surface area contributed by atoms with Crippen molar-refractivity contribution in [3.05, 3.63) is 35.9 Å². The Hall–Kier alpha value is -2.37. The van der Waals surface area contributed by atoms with Gasteiger partial charge in [-0.2, -0.15) is 0 Å². The van der Waals surface area contributed by atoms with Crippen LogP contribution in [0.2, 0.25) is 0 Å². The minimum Gasteiger partial charge on any atom is -0.354 e. The van der Waals surface area contributed by atoms with Crippen LogP contribution in [0.25, 0.3) is 0 Å². The van der Waals surface area contributed by atoms with Crippen LogP contribution in [0.4, 0.5) is 4.79 Å². The van der Waals surface area contributed by atoms with Crippen LogP contribution in [0.1, 0.15) is 63.9 Å². The van der Waals surface area contributed by atoms with E-state index in [1.165, 1.54) is 5.56 Å². The summed E-state index contributed by atoms with van der Waals surface area (Å²) in [5.74, 6) is 0.0726. The van der Waals surface area contributed by atoms with Crippen LogP contribution in [0.5, 0.6) is 0 Å². The van der Waals surface area contributed by atoms with E-state index in [-0.39, 0.29) is 23.8 Å². The fourth-order valence-corrected chi connectivity index (χ4v) is 5.29. The summed E-state index contributed by atoms with van der Waals surface area (Å²) in [5.41, 5.74) is 0.415. The molecule has 0 radical (unpaired) electrons. The van der Waals surface area contributed by atoms with Gasteiger partial charge in [0.15, 0.2) is 0 Å². The molecule has 2 saturated carbocycles. The molecule has 3 fully saturated rings. The van der Waals surface area contributed by atoms with Crippen molar-refractivity contribution in [2.45, 2.75) is 69.2 Å². The maximum Gasteiger partial charge on any atom is 0.325 e. The highest BCUT2D eigenvalue weighted by Crippen LogP contribution is 2.40. The second-order valence-corrected chi connectivity index (χ2v) is 9.22. The van der Waals surface area contributed by atoms with E-state index in [9.17, 15) is 14.4 Å². The van der Waals surface area contributed by atoms with Crippen LogP contribution in [-0.2, 0) is 15.0 Å². The van der Waals surface area contributed by atoms with Crippen molar-refractivity contribution < 1.29 is 14.4 Å². The van der Waals surface area contributed by atoms with Crippen molar-refractivity contribution in [1.82, 2.24) is 15.5 Å². The van der Waals surface area contributed by atoms with Gasteiger partial charge in [0.25, 0.3) is 5.91 Å². The van der Waals surface area contributed by atoms with Crippen LogP contribution in [0, 0.1) is 5.92 Å². The Bertz CT molecular complexity index is 778. The monoisotopic (exact) mass is 397 g/mol. The molecule has 6 heteroatoms. The molecule has 4 amide bonds. The highest BCUT2D eigenvalue weighted by Gasteiger charge is 2.52. The van der Waals surface area contributed by atoms with Gasteiger partial charge in [-0.25, -0.2) is 4.79 Å². The molecular formula is C23H31N3O3. The third kappa shape index (κ3) is 3.77. The minimum absolute atomic E-state index is 0.0467. The first kappa shape index (κ1) is 19.9. The number of carbonyl (C=O) groups is 3. The molecule has 156 valence electrons. The van der Waals surface area contributed by atoms with Crippen LogP contribution >= 0.6 is 0 Å². The molecule has 0 unspecified atom stereocenters. The number of urea groups is 1. The van der Waals surface area contributed by atoms with E-state index in [0.29, 0.717) is 25.3 Å². The van der Waals surface area contributed by atoms with Crippen LogP contribution in [0.3, 0.4) is 0 Å². The summed E-state index contributed by atoms with van der Waals surface area (Å²) in [7, 11) is 0. The normalized spacial score (nSPS) is 28.6. The van der Waals surface area contributed by atoms with E-state index in [4.69, 9.17) is 0 Å². The molecule has 1 aromatic carbocycles. The van der Waals surface area contributed by atoms with E-state index in [1.54, 1.807) is 0 Å². The number of nitrogens with one attached hydrogen (secondary N) is 2. The zero-order valence-corrected chi connectivity index (χ0v) is 17.2. The van der Waals surface area contributed by atoms with Crippen molar-refractivity contribution in [3.63, 3.8) is 0 Å². The van der Waals surface area contributed by atoms with Gasteiger partial charge >= 0.3 is 6.03 Å². The summed E-state index contributed by atoms with van der Waals surface area (Å²) in [6, 6.07) is 9.90. The van der Waals surface area contributed by atoms with E-state index in [2.05, 4.69) is 29.7 Å². The maximum absolute atomic E-state index is 12.9. The molecule has 1 heterocycles. The molecule has 1 aliphatic heterocycles. The largest absolute Gasteiger partial charge is 0.354 e. The van der Waals surface area contributed by atoms with E-state index < -0.39 is 11.6 Å². The summed E-state index contributed by atoms with van der Waals surface area (Å²) in [6.45, 7) is 2.51. The van der Waals surface area contributed by atoms with Gasteiger partial charge in [0.2, 0.25) is 5.91 Å². The molecule has 1 saturated heterocycles. The molecule has 4 rings (SSSR count). The Morgan fingerprint density at radius 1 is 1.10 bits per heavy atom. The van der Waals surface area contributed by atoms with Crippen LogP contribution < -0.4 is 10.6 Å². The van der Waals surface area contributed by atoms with E-state index in [1.807, 2.05) is 18.2 Å². The fraction of sp³-hybridized carbons (Fsp3) is 0.609. The maximum atomic E-state index is 12.9. The van der Waals surface area contributed by atoms with Gasteiger partial charge in [0, 0.05) is 12.0 Å². The molecule has 0 aromatic heterocycles. The number of amides is 4. The lowest BCUT2D eigenvalue weighted by Gasteiger charge is -2.33. The van der Waals surface area contributed by atoms with Crippen LogP contribution in [0.15, 0.2) is 30.3 Å². The second kappa shape index (κ2) is 7.81. The lowest BCUT2D eigenvalue weighted by Crippen LogP contribution is -2.50. The summed E-state index contributed by atoms with van der Waals surface area (Å²) in [6.07, 6.45) is 7.56. The lowest BCUT2D eigenvalue weighted by molar-refractivity contribution is -0.136. The Kier molecular flexibility index (Phi) is 5.36. The second-order valence-electron chi connectivity index (χ2n) is 9.22. The topological polar surface area (TPSA) is 78.5 Å². The molecular weight excluding hydrogens is 366 g/mol. The van der Waals surface area contributed by atoms with Gasteiger partial charge in [-0.3, -0.25) is 14.5 Å². The third-order valence-corrected chi connectivity index (χ3v) is 7.25. The van der Waals surface area contributed by atoms with E-state index >= 15 is 0 Å². The first-order valence-corrected chi connectivity index (χ1v) is 10.9. The van der Waals surface area contributed by atoms with Crippen LogP contribution in [-0.4, -0.2) is 41.4 Å². The molecule has 1 spiro atoms. The fourth-order valence-electron chi connectivity index (χ4n) is 5.29. The summed E-state index contributed by atoms with van der Waals surface area (Å²) >= 11 is 0. The zero-order valence-electron chi connectivity index (χ0n) is 17.2. The van der Waals surface area contributed by atoms with Crippen molar-refractivity contribution in [3.8, 4) is 0 Å². The van der Waals surface area contributed by atoms with Crippen molar-refractivity contribution >= 4 is 17.8 Å². The number of imide groups is 1. The lowest BCUT2D eigenvalue weighted by atomic mass is 9.77. The van der Waals surface area contributed by atoms with Crippen molar-refractivity contribution in [1.29, 1.82) is 0 Å². The highest BCUT2D eigenvalue weighted by atomic mass is 16.2. The predicted octanol–water partition coefficient (Wildman–Crippen LogP) is 3.12. The standard InChI is InChI=1S/C23H31N3O3/c1-17-9-13-23(14-10-17)20(28)26(21(29)25-23)15-19(27)24-16-22(11-5-6-12-22)18-7-3-2-4-8-18/h2-4,7-8,17H,5-6,9-16H2,1H3,(H,24,27)(H,25,29). The number of carbonyl (C=O) groups excluding carboxylic acids is 3. The quantitative estimate of drug-likeness (QED) is 0.750. The summed E-state index contributed by atoms with van der Waals surface area (Å²) < 4.78 is 0. The number of rotatable bonds is 5. The molecule has 2 N–H and O–H groups in total. The summed E-state index contributed by atoms with van der Waals surface area (Å²) in [5, 5.41) is 5.90. The smallest absolute Gasteiger partial charge is 0.325 e. The Morgan fingerprint density at radius 2 is 1.76 bits per heavy atom. The van der Waals surface area contributed by atoms with Gasteiger partial charge in [0.1, 0.15) is 12.1 Å². The molecule has 29 heavy (non-hydrogen) atoms. The zero-order chi connectivity index (χ0) is 20.5. The average molecular weight is 398 g/mol.